The van der Waals surface area contributed by atoms with Gasteiger partial charge in [0.1, 0.15) is 5.82 Å². The molecule has 0 radical (unpaired) electrons. The largest absolute Gasteiger partial charge is 0.393 e. The minimum absolute atomic E-state index is 0.229. The highest BCUT2D eigenvalue weighted by Gasteiger charge is 2.08. The van der Waals surface area contributed by atoms with Crippen LogP contribution in [0, 0.1) is 11.7 Å². The van der Waals surface area contributed by atoms with Gasteiger partial charge in [-0.3, -0.25) is 0 Å². The van der Waals surface area contributed by atoms with Crippen LogP contribution >= 0.6 is 15.9 Å². The maximum Gasteiger partial charge on any atom is 0.123 e. The van der Waals surface area contributed by atoms with Crippen LogP contribution in [0.5, 0.6) is 0 Å². The fraction of sp³-hybridized carbons (Fsp3) is 0.538. The summed E-state index contributed by atoms with van der Waals surface area (Å²) in [7, 11) is 0. The van der Waals surface area contributed by atoms with Crippen molar-refractivity contribution >= 4 is 15.9 Å². The summed E-state index contributed by atoms with van der Waals surface area (Å²) in [6.07, 6.45) is 0.434. The van der Waals surface area contributed by atoms with E-state index in [0.29, 0.717) is 13.0 Å². The van der Waals surface area contributed by atoms with E-state index in [2.05, 4.69) is 21.2 Å². The van der Waals surface area contributed by atoms with Gasteiger partial charge < -0.3 is 10.4 Å². The summed E-state index contributed by atoms with van der Waals surface area (Å²) >= 11 is 3.38. The van der Waals surface area contributed by atoms with Crippen LogP contribution in [0.1, 0.15) is 25.8 Å². The number of nitrogens with one attached hydrogen (secondary N) is 1. The number of aliphatic hydroxyl groups excluding tert-OH is 1. The first-order valence-corrected chi connectivity index (χ1v) is 6.62. The SMILES string of the molecule is CC(C)C(O)CCNCc1cc(F)ccc1Br. The van der Waals surface area contributed by atoms with Crippen LogP contribution < -0.4 is 5.32 Å². The maximum atomic E-state index is 13.0. The summed E-state index contributed by atoms with van der Waals surface area (Å²) in [5.41, 5.74) is 0.893. The van der Waals surface area contributed by atoms with E-state index in [1.54, 1.807) is 6.07 Å². The van der Waals surface area contributed by atoms with Crippen LogP contribution in [-0.4, -0.2) is 17.8 Å². The predicted molar refractivity (Wildman–Crippen MR) is 71.3 cm³/mol. The highest BCUT2D eigenvalue weighted by molar-refractivity contribution is 9.10. The summed E-state index contributed by atoms with van der Waals surface area (Å²) in [5, 5.41) is 12.8. The molecule has 0 amide bonds. The molecule has 2 nitrogen and oxygen atoms in total. The number of hydrogen-bond acceptors (Lipinski definition) is 2. The molecule has 2 N–H and O–H groups in total. The van der Waals surface area contributed by atoms with Gasteiger partial charge in [-0.2, -0.15) is 0 Å². The summed E-state index contributed by atoms with van der Waals surface area (Å²) in [6, 6.07) is 4.64. The molecular weight excluding hydrogens is 285 g/mol. The minimum atomic E-state index is -0.279. The Morgan fingerprint density at radius 3 is 2.76 bits per heavy atom. The van der Waals surface area contributed by atoms with Crippen LogP contribution in [0.2, 0.25) is 0 Å². The van der Waals surface area contributed by atoms with E-state index in [-0.39, 0.29) is 17.8 Å². The minimum Gasteiger partial charge on any atom is -0.393 e. The molecule has 0 bridgehead atoms. The molecule has 0 aliphatic heterocycles. The van der Waals surface area contributed by atoms with Crippen molar-refractivity contribution in [3.05, 3.63) is 34.1 Å². The summed E-state index contributed by atoms with van der Waals surface area (Å²) < 4.78 is 13.9. The zero-order valence-corrected chi connectivity index (χ0v) is 11.8. The standard InChI is InChI=1S/C13H19BrFNO/c1-9(2)13(17)5-6-16-8-10-7-11(15)3-4-12(10)14/h3-4,7,9,13,16-17H,5-6,8H2,1-2H3. The number of aliphatic hydroxyl groups is 1. The van der Waals surface area contributed by atoms with Crippen molar-refractivity contribution in [2.75, 3.05) is 6.54 Å². The predicted octanol–water partition coefficient (Wildman–Crippen LogP) is 3.08. The summed E-state index contributed by atoms with van der Waals surface area (Å²) in [5.74, 6) is 0.0462. The lowest BCUT2D eigenvalue weighted by Crippen LogP contribution is -2.23. The Kier molecular flexibility index (Phi) is 6.09. The second-order valence-corrected chi connectivity index (χ2v) is 5.37. The molecule has 96 valence electrons. The Morgan fingerprint density at radius 2 is 2.12 bits per heavy atom. The molecule has 1 aromatic carbocycles. The number of benzene rings is 1. The van der Waals surface area contributed by atoms with Crippen LogP contribution in [0.3, 0.4) is 0 Å². The number of rotatable bonds is 6. The van der Waals surface area contributed by atoms with Crippen LogP contribution in [0.25, 0.3) is 0 Å². The van der Waals surface area contributed by atoms with Crippen molar-refractivity contribution in [3.63, 3.8) is 0 Å². The maximum absolute atomic E-state index is 13.0. The third-order valence-electron chi connectivity index (χ3n) is 2.71. The Hall–Kier alpha value is -0.450. The highest BCUT2D eigenvalue weighted by Crippen LogP contribution is 2.17. The molecule has 1 unspecified atom stereocenters. The van der Waals surface area contributed by atoms with Crippen molar-refractivity contribution < 1.29 is 9.50 Å². The molecular formula is C13H19BrFNO. The summed E-state index contributed by atoms with van der Waals surface area (Å²) in [4.78, 5) is 0. The normalized spacial score (nSPS) is 13.1. The van der Waals surface area contributed by atoms with Gasteiger partial charge >= 0.3 is 0 Å². The average molecular weight is 304 g/mol. The van der Waals surface area contributed by atoms with E-state index in [9.17, 15) is 9.50 Å². The molecule has 17 heavy (non-hydrogen) atoms. The van der Waals surface area contributed by atoms with E-state index < -0.39 is 0 Å². The van der Waals surface area contributed by atoms with Gasteiger partial charge in [-0.05, 0) is 42.6 Å². The Labute approximate surface area is 110 Å². The van der Waals surface area contributed by atoms with Gasteiger partial charge in [-0.25, -0.2) is 4.39 Å². The van der Waals surface area contributed by atoms with E-state index >= 15 is 0 Å². The summed E-state index contributed by atoms with van der Waals surface area (Å²) in [6.45, 7) is 5.31. The Bertz CT molecular complexity index is 357. The van der Waals surface area contributed by atoms with Gasteiger partial charge in [0.05, 0.1) is 6.10 Å². The van der Waals surface area contributed by atoms with E-state index in [1.165, 1.54) is 12.1 Å². The Morgan fingerprint density at radius 1 is 1.41 bits per heavy atom. The molecule has 1 rings (SSSR count). The fourth-order valence-electron chi connectivity index (χ4n) is 1.49. The third-order valence-corrected chi connectivity index (χ3v) is 3.48. The molecule has 0 aliphatic carbocycles. The van der Waals surface area contributed by atoms with E-state index in [4.69, 9.17) is 0 Å². The van der Waals surface area contributed by atoms with Gasteiger partial charge in [-0.15, -0.1) is 0 Å². The second kappa shape index (κ2) is 7.09. The van der Waals surface area contributed by atoms with Crippen LogP contribution in [0.4, 0.5) is 4.39 Å². The monoisotopic (exact) mass is 303 g/mol. The van der Waals surface area contributed by atoms with Gasteiger partial charge in [0.15, 0.2) is 0 Å². The molecule has 1 atom stereocenters. The number of halogens is 2. The lowest BCUT2D eigenvalue weighted by atomic mass is 10.0. The van der Waals surface area contributed by atoms with Crippen molar-refractivity contribution in [1.82, 2.24) is 5.32 Å². The average Bonchev–Trinajstić information content (AvgIpc) is 2.28. The molecule has 0 aliphatic rings. The van der Waals surface area contributed by atoms with Crippen molar-refractivity contribution in [1.29, 1.82) is 0 Å². The first kappa shape index (κ1) is 14.6. The van der Waals surface area contributed by atoms with Crippen molar-refractivity contribution in [3.8, 4) is 0 Å². The van der Waals surface area contributed by atoms with Gasteiger partial charge in [-0.1, -0.05) is 29.8 Å². The van der Waals surface area contributed by atoms with Gasteiger partial charge in [0.2, 0.25) is 0 Å². The van der Waals surface area contributed by atoms with E-state index in [1.807, 2.05) is 13.8 Å². The zero-order valence-electron chi connectivity index (χ0n) is 10.2. The fourth-order valence-corrected chi connectivity index (χ4v) is 1.87. The van der Waals surface area contributed by atoms with E-state index in [0.717, 1.165) is 16.6 Å². The molecule has 4 heteroatoms. The van der Waals surface area contributed by atoms with Gasteiger partial charge in [0.25, 0.3) is 0 Å². The first-order chi connectivity index (χ1) is 8.00. The molecule has 0 spiro atoms. The molecule has 0 saturated heterocycles. The molecule has 0 saturated carbocycles. The molecule has 0 heterocycles. The smallest absolute Gasteiger partial charge is 0.123 e. The second-order valence-electron chi connectivity index (χ2n) is 4.51. The lowest BCUT2D eigenvalue weighted by Gasteiger charge is -2.14. The molecule has 0 fully saturated rings. The lowest BCUT2D eigenvalue weighted by molar-refractivity contribution is 0.116. The highest BCUT2D eigenvalue weighted by atomic mass is 79.9. The topological polar surface area (TPSA) is 32.3 Å². The Balaban J connectivity index is 2.33. The van der Waals surface area contributed by atoms with Crippen LogP contribution in [0.15, 0.2) is 22.7 Å². The van der Waals surface area contributed by atoms with Crippen molar-refractivity contribution in [2.45, 2.75) is 32.9 Å². The van der Waals surface area contributed by atoms with Crippen molar-refractivity contribution in [2.24, 2.45) is 5.92 Å². The molecule has 0 aromatic heterocycles. The molecule has 1 aromatic rings. The van der Waals surface area contributed by atoms with Gasteiger partial charge in [0, 0.05) is 11.0 Å². The van der Waals surface area contributed by atoms with Crippen LogP contribution in [-0.2, 0) is 6.54 Å². The zero-order chi connectivity index (χ0) is 12.8. The third kappa shape index (κ3) is 5.15. The first-order valence-electron chi connectivity index (χ1n) is 5.83. The quantitative estimate of drug-likeness (QED) is 0.792. The number of hydrogen-bond donors (Lipinski definition) is 2.